The van der Waals surface area contributed by atoms with E-state index in [1.54, 1.807) is 24.3 Å². The Kier molecular flexibility index (Phi) is 5.07. The van der Waals surface area contributed by atoms with Gasteiger partial charge in [0.2, 0.25) is 0 Å². The molecule has 0 aromatic carbocycles. The lowest BCUT2D eigenvalue weighted by atomic mass is 10.5. The van der Waals surface area contributed by atoms with Crippen molar-refractivity contribution in [2.75, 3.05) is 13.6 Å². The van der Waals surface area contributed by atoms with Crippen molar-refractivity contribution in [3.63, 3.8) is 0 Å². The summed E-state index contributed by atoms with van der Waals surface area (Å²) < 4.78 is 0. The summed E-state index contributed by atoms with van der Waals surface area (Å²) in [5, 5.41) is 5.88. The zero-order chi connectivity index (χ0) is 8.69. The second-order valence-electron chi connectivity index (χ2n) is 1.88. The largest absolute Gasteiger partial charge is 0.270 e. The van der Waals surface area contributed by atoms with Gasteiger partial charge in [0.15, 0.2) is 0 Å². The van der Waals surface area contributed by atoms with Crippen LogP contribution in [0.4, 0.5) is 0 Å². The molecule has 0 aromatic rings. The molecule has 0 unspecified atom stereocenters. The molecule has 3 nitrogen and oxygen atoms in total. The molecule has 0 radical (unpaired) electrons. The summed E-state index contributed by atoms with van der Waals surface area (Å²) in [6, 6.07) is 0. The van der Waals surface area contributed by atoms with E-state index in [9.17, 15) is 0 Å². The zero-order valence-corrected chi connectivity index (χ0v) is 7.41. The van der Waals surface area contributed by atoms with E-state index in [4.69, 9.17) is 0 Å². The molecule has 62 valence electrons. The second kappa shape index (κ2) is 5.65. The Morgan fingerprint density at radius 2 is 2.27 bits per heavy atom. The molecule has 0 spiro atoms. The van der Waals surface area contributed by atoms with Gasteiger partial charge in [0.05, 0.1) is 0 Å². The Morgan fingerprint density at radius 1 is 1.64 bits per heavy atom. The Labute approximate surface area is 68.1 Å². The molecule has 0 N–H and O–H groups in total. The van der Waals surface area contributed by atoms with Crippen LogP contribution in [0.5, 0.6) is 0 Å². The molecule has 0 bridgehead atoms. The van der Waals surface area contributed by atoms with Crippen LogP contribution in [0, 0.1) is 0 Å². The van der Waals surface area contributed by atoms with E-state index in [2.05, 4.69) is 16.7 Å². The van der Waals surface area contributed by atoms with E-state index in [-0.39, 0.29) is 0 Å². The van der Waals surface area contributed by atoms with Gasteiger partial charge in [0, 0.05) is 19.8 Å². The van der Waals surface area contributed by atoms with Crippen LogP contribution in [0.1, 0.15) is 13.8 Å². The van der Waals surface area contributed by atoms with E-state index < -0.39 is 0 Å². The molecule has 11 heavy (non-hydrogen) atoms. The summed E-state index contributed by atoms with van der Waals surface area (Å²) in [5.74, 6) is 0.797. The normalized spacial score (nSPS) is 12.1. The van der Waals surface area contributed by atoms with E-state index in [0.29, 0.717) is 0 Å². The monoisotopic (exact) mass is 153 g/mol. The molecule has 0 aliphatic carbocycles. The average Bonchev–Trinajstić information content (AvgIpc) is 2.05. The fourth-order valence-corrected chi connectivity index (χ4v) is 0.754. The van der Waals surface area contributed by atoms with Gasteiger partial charge >= 0.3 is 0 Å². The molecule has 0 fully saturated rings. The quantitative estimate of drug-likeness (QED) is 0.343. The van der Waals surface area contributed by atoms with Gasteiger partial charge in [-0.15, -0.1) is 0 Å². The van der Waals surface area contributed by atoms with Gasteiger partial charge in [-0.2, -0.15) is 5.10 Å². The Hall–Kier alpha value is -1.12. The molecular formula is C8H15N3. The number of hydrazone groups is 1. The lowest BCUT2D eigenvalue weighted by molar-refractivity contribution is 0.474. The van der Waals surface area contributed by atoms with Crippen molar-refractivity contribution in [2.24, 2.45) is 10.1 Å². The summed E-state index contributed by atoms with van der Waals surface area (Å²) in [6.07, 6.45) is 3.43. The summed E-state index contributed by atoms with van der Waals surface area (Å²) in [6.45, 7) is 8.33. The highest BCUT2D eigenvalue weighted by molar-refractivity contribution is 5.92. The second-order valence-corrected chi connectivity index (χ2v) is 1.88. The molecule has 0 saturated heterocycles. The fraction of sp³-hybridized carbons (Fsp3) is 0.500. The summed E-state index contributed by atoms with van der Waals surface area (Å²) in [4.78, 5) is 4.01. The van der Waals surface area contributed by atoms with Crippen molar-refractivity contribution in [3.05, 3.63) is 12.7 Å². The van der Waals surface area contributed by atoms with Gasteiger partial charge in [0.1, 0.15) is 5.84 Å². The molecule has 0 aliphatic heterocycles. The smallest absolute Gasteiger partial charge is 0.143 e. The maximum atomic E-state index is 4.09. The van der Waals surface area contributed by atoms with Crippen LogP contribution in [0.15, 0.2) is 22.7 Å². The van der Waals surface area contributed by atoms with Crippen LogP contribution in [0.3, 0.4) is 0 Å². The standard InChI is InChI=1S/C8H15N3/c1-5-8(9-4)11(7-3)10-6-2/h5-6H,1,7H2,2-4H3/b9-8?,10-6-. The molecule has 0 saturated carbocycles. The first kappa shape index (κ1) is 9.88. The van der Waals surface area contributed by atoms with Gasteiger partial charge < -0.3 is 0 Å². The zero-order valence-electron chi connectivity index (χ0n) is 7.41. The lowest BCUT2D eigenvalue weighted by Crippen LogP contribution is -2.23. The van der Waals surface area contributed by atoms with E-state index in [1.807, 2.05) is 13.8 Å². The Bertz CT molecular complexity index is 170. The molecule has 0 heterocycles. The fourth-order valence-electron chi connectivity index (χ4n) is 0.754. The van der Waals surface area contributed by atoms with E-state index in [0.717, 1.165) is 12.4 Å². The van der Waals surface area contributed by atoms with E-state index in [1.165, 1.54) is 0 Å². The van der Waals surface area contributed by atoms with Crippen molar-refractivity contribution >= 4 is 12.1 Å². The molecule has 3 heteroatoms. The van der Waals surface area contributed by atoms with E-state index >= 15 is 0 Å². The predicted octanol–water partition coefficient (Wildman–Crippen LogP) is 1.53. The van der Waals surface area contributed by atoms with Gasteiger partial charge in [-0.05, 0) is 19.9 Å². The minimum atomic E-state index is 0.797. The van der Waals surface area contributed by atoms with Crippen LogP contribution in [-0.4, -0.2) is 30.7 Å². The molecule has 0 rings (SSSR count). The summed E-state index contributed by atoms with van der Waals surface area (Å²) in [7, 11) is 1.73. The Balaban J connectivity index is 4.34. The third-order valence-electron chi connectivity index (χ3n) is 1.23. The van der Waals surface area contributed by atoms with Gasteiger partial charge in [-0.1, -0.05) is 6.58 Å². The van der Waals surface area contributed by atoms with Crippen LogP contribution < -0.4 is 0 Å². The van der Waals surface area contributed by atoms with Crippen molar-refractivity contribution in [1.29, 1.82) is 0 Å². The molecule has 0 atom stereocenters. The highest BCUT2D eigenvalue weighted by Crippen LogP contribution is 1.92. The summed E-state index contributed by atoms with van der Waals surface area (Å²) >= 11 is 0. The van der Waals surface area contributed by atoms with Gasteiger partial charge in [-0.3, -0.25) is 4.99 Å². The number of amidine groups is 1. The maximum absolute atomic E-state index is 4.09. The number of hydrogen-bond acceptors (Lipinski definition) is 2. The minimum Gasteiger partial charge on any atom is -0.270 e. The van der Waals surface area contributed by atoms with Gasteiger partial charge in [-0.25, -0.2) is 5.01 Å². The van der Waals surface area contributed by atoms with Crippen molar-refractivity contribution < 1.29 is 0 Å². The number of nitrogens with zero attached hydrogens (tertiary/aromatic N) is 3. The number of aliphatic imine (C=N–C) groups is 1. The third kappa shape index (κ3) is 2.98. The van der Waals surface area contributed by atoms with Crippen LogP contribution in [-0.2, 0) is 0 Å². The summed E-state index contributed by atoms with van der Waals surface area (Å²) in [5.41, 5.74) is 0. The highest BCUT2D eigenvalue weighted by atomic mass is 15.5. The van der Waals surface area contributed by atoms with Crippen molar-refractivity contribution in [1.82, 2.24) is 5.01 Å². The van der Waals surface area contributed by atoms with Crippen LogP contribution in [0.25, 0.3) is 0 Å². The molecule has 0 aromatic heterocycles. The topological polar surface area (TPSA) is 28.0 Å². The lowest BCUT2D eigenvalue weighted by Gasteiger charge is -2.15. The number of likely N-dealkylation sites (N-methyl/N-ethyl adjacent to an activating group) is 1. The highest BCUT2D eigenvalue weighted by Gasteiger charge is 1.99. The molecule has 0 amide bonds. The number of rotatable bonds is 3. The molecular weight excluding hydrogens is 138 g/mol. The Morgan fingerprint density at radius 3 is 2.55 bits per heavy atom. The number of hydrogen-bond donors (Lipinski definition) is 0. The van der Waals surface area contributed by atoms with Crippen LogP contribution in [0.2, 0.25) is 0 Å². The maximum Gasteiger partial charge on any atom is 0.143 e. The molecule has 0 aliphatic rings. The SMILES string of the molecule is C=CC(=NC)N(CC)/N=C\C. The first-order valence-corrected chi connectivity index (χ1v) is 3.65. The average molecular weight is 153 g/mol. The predicted molar refractivity (Wildman–Crippen MR) is 50.1 cm³/mol. The van der Waals surface area contributed by atoms with Gasteiger partial charge in [0.25, 0.3) is 0 Å². The minimum absolute atomic E-state index is 0.797. The first-order chi connectivity index (χ1) is 5.29. The first-order valence-electron chi connectivity index (χ1n) is 3.65. The van der Waals surface area contributed by atoms with Crippen LogP contribution >= 0.6 is 0 Å². The van der Waals surface area contributed by atoms with Crippen molar-refractivity contribution in [3.8, 4) is 0 Å². The third-order valence-corrected chi connectivity index (χ3v) is 1.23. The van der Waals surface area contributed by atoms with Crippen molar-refractivity contribution in [2.45, 2.75) is 13.8 Å².